The topological polar surface area (TPSA) is 122 Å². The zero-order valence-corrected chi connectivity index (χ0v) is 21.7. The molecule has 0 bridgehead atoms. The highest BCUT2D eigenvalue weighted by Gasteiger charge is 2.26. The van der Waals surface area contributed by atoms with Crippen molar-refractivity contribution in [1.29, 1.82) is 0 Å². The van der Waals surface area contributed by atoms with E-state index in [-0.39, 0.29) is 28.3 Å². The fraction of sp³-hybridized carbons (Fsp3) is 0.458. The Morgan fingerprint density at radius 3 is 2.17 bits per heavy atom. The number of hydrogen-bond acceptors (Lipinski definition) is 6. The fourth-order valence-corrected chi connectivity index (χ4v) is 6.43. The molecule has 2 aromatic carbocycles. The van der Waals surface area contributed by atoms with E-state index in [0.717, 1.165) is 18.4 Å². The van der Waals surface area contributed by atoms with Crippen molar-refractivity contribution in [2.45, 2.75) is 55.4 Å². The molecule has 11 heteroatoms. The quantitative estimate of drug-likeness (QED) is 0.440. The Kier molecular flexibility index (Phi) is 9.28. The molecule has 1 aliphatic heterocycles. The Morgan fingerprint density at radius 2 is 1.57 bits per heavy atom. The van der Waals surface area contributed by atoms with Crippen molar-refractivity contribution in [3.8, 4) is 5.75 Å². The van der Waals surface area contributed by atoms with Gasteiger partial charge >= 0.3 is 0 Å². The van der Waals surface area contributed by atoms with Crippen LogP contribution in [-0.2, 0) is 31.3 Å². The molecule has 1 saturated heterocycles. The van der Waals surface area contributed by atoms with E-state index < -0.39 is 20.0 Å². The lowest BCUT2D eigenvalue weighted by molar-refractivity contribution is -0.123. The molecule has 1 amide bonds. The van der Waals surface area contributed by atoms with Crippen LogP contribution in [0.5, 0.6) is 5.75 Å². The zero-order valence-electron chi connectivity index (χ0n) is 20.1. The van der Waals surface area contributed by atoms with Crippen LogP contribution < -0.4 is 14.8 Å². The van der Waals surface area contributed by atoms with Crippen LogP contribution in [0.25, 0.3) is 0 Å². The maximum Gasteiger partial charge on any atom is 0.257 e. The molecule has 0 radical (unpaired) electrons. The number of nitrogens with zero attached hydrogens (tertiary/aromatic N) is 1. The monoisotopic (exact) mass is 523 g/mol. The highest BCUT2D eigenvalue weighted by molar-refractivity contribution is 7.89. The summed E-state index contributed by atoms with van der Waals surface area (Å²) >= 11 is 0. The Labute approximate surface area is 208 Å². The van der Waals surface area contributed by atoms with Gasteiger partial charge in [-0.15, -0.1) is 0 Å². The lowest BCUT2D eigenvalue weighted by atomic mass is 10.1. The molecule has 1 atom stereocenters. The summed E-state index contributed by atoms with van der Waals surface area (Å²) in [7, 11) is -7.02. The van der Waals surface area contributed by atoms with Gasteiger partial charge in [-0.05, 0) is 74.6 Å². The first-order chi connectivity index (χ1) is 16.6. The second-order valence-corrected chi connectivity index (χ2v) is 12.2. The fourth-order valence-electron chi connectivity index (χ4n) is 3.58. The van der Waals surface area contributed by atoms with Crippen LogP contribution in [0.15, 0.2) is 58.3 Å². The average molecular weight is 524 g/mol. The third-order valence-corrected chi connectivity index (χ3v) is 9.35. The van der Waals surface area contributed by atoms with Gasteiger partial charge in [0.1, 0.15) is 5.75 Å². The first kappa shape index (κ1) is 27.1. The van der Waals surface area contributed by atoms with Crippen molar-refractivity contribution in [2.24, 2.45) is 0 Å². The van der Waals surface area contributed by atoms with Gasteiger partial charge < -0.3 is 10.1 Å². The third kappa shape index (κ3) is 7.50. The molecule has 2 N–H and O–H groups in total. The largest absolute Gasteiger partial charge is 0.484 e. The number of sulfonamides is 2. The molecule has 3 rings (SSSR count). The van der Waals surface area contributed by atoms with Crippen molar-refractivity contribution in [3.63, 3.8) is 0 Å². The van der Waals surface area contributed by atoms with Crippen LogP contribution in [0.4, 0.5) is 0 Å². The van der Waals surface area contributed by atoms with Crippen molar-refractivity contribution < 1.29 is 26.4 Å². The predicted octanol–water partition coefficient (Wildman–Crippen LogP) is 2.29. The predicted molar refractivity (Wildman–Crippen MR) is 133 cm³/mol. The minimum Gasteiger partial charge on any atom is -0.484 e. The van der Waals surface area contributed by atoms with Crippen molar-refractivity contribution in [2.75, 3.05) is 26.2 Å². The van der Waals surface area contributed by atoms with Gasteiger partial charge in [0.15, 0.2) is 6.61 Å². The molecule has 0 saturated carbocycles. The van der Waals surface area contributed by atoms with Crippen LogP contribution in [-0.4, -0.2) is 59.3 Å². The Balaban J connectivity index is 1.42. The van der Waals surface area contributed by atoms with E-state index in [4.69, 9.17) is 4.74 Å². The number of ether oxygens (including phenoxy) is 1. The minimum absolute atomic E-state index is 0.133. The summed E-state index contributed by atoms with van der Waals surface area (Å²) < 4.78 is 59.3. The summed E-state index contributed by atoms with van der Waals surface area (Å²) in [4.78, 5) is 12.5. The number of carbonyl (C=O) groups excluding carboxylic acids is 1. The van der Waals surface area contributed by atoms with Gasteiger partial charge in [-0.2, -0.15) is 4.31 Å². The van der Waals surface area contributed by atoms with Crippen LogP contribution >= 0.6 is 0 Å². The molecule has 1 fully saturated rings. The molecule has 1 aliphatic rings. The number of benzene rings is 2. The van der Waals surface area contributed by atoms with E-state index in [9.17, 15) is 21.6 Å². The van der Waals surface area contributed by atoms with E-state index in [1.165, 1.54) is 28.6 Å². The lowest BCUT2D eigenvalue weighted by Crippen LogP contribution is -2.32. The summed E-state index contributed by atoms with van der Waals surface area (Å²) in [5.74, 6) is 0.0748. The van der Waals surface area contributed by atoms with E-state index >= 15 is 0 Å². The van der Waals surface area contributed by atoms with Gasteiger partial charge in [0.05, 0.1) is 9.79 Å². The molecule has 192 valence electrons. The lowest BCUT2D eigenvalue weighted by Gasteiger charge is -2.15. The van der Waals surface area contributed by atoms with E-state index in [2.05, 4.69) is 10.0 Å². The van der Waals surface area contributed by atoms with Gasteiger partial charge in [-0.25, -0.2) is 21.6 Å². The number of nitrogens with one attached hydrogen (secondary N) is 2. The van der Waals surface area contributed by atoms with E-state index in [1.807, 2.05) is 6.92 Å². The van der Waals surface area contributed by atoms with Gasteiger partial charge in [0, 0.05) is 25.7 Å². The molecule has 2 aromatic rings. The molecule has 1 unspecified atom stereocenters. The van der Waals surface area contributed by atoms with Crippen molar-refractivity contribution in [1.82, 2.24) is 14.3 Å². The Hall–Kier alpha value is -2.47. The van der Waals surface area contributed by atoms with Gasteiger partial charge in [0.25, 0.3) is 5.91 Å². The SMILES string of the molecule is CCC(C)NS(=O)(=O)c1ccc(OCC(=O)NCCc2ccc(S(=O)(=O)N3CCCC3)cc2)cc1. The molecule has 0 spiro atoms. The molecular formula is C24H33N3O6S2. The smallest absolute Gasteiger partial charge is 0.257 e. The standard InChI is InChI=1S/C24H33N3O6S2/c1-3-19(2)26-34(29,30)22-12-8-21(9-13-22)33-18-24(28)25-15-14-20-6-10-23(11-7-20)35(31,32)27-16-4-5-17-27/h6-13,19,26H,3-5,14-18H2,1-2H3,(H,25,28). The van der Waals surface area contributed by atoms with Crippen LogP contribution in [0.3, 0.4) is 0 Å². The summed E-state index contributed by atoms with van der Waals surface area (Å²) in [5.41, 5.74) is 0.911. The Morgan fingerprint density at radius 1 is 0.971 bits per heavy atom. The van der Waals surface area contributed by atoms with E-state index in [0.29, 0.717) is 38.2 Å². The van der Waals surface area contributed by atoms with Gasteiger partial charge in [-0.1, -0.05) is 19.1 Å². The van der Waals surface area contributed by atoms with Crippen LogP contribution in [0.1, 0.15) is 38.7 Å². The molecule has 35 heavy (non-hydrogen) atoms. The first-order valence-electron chi connectivity index (χ1n) is 11.7. The normalized spacial score (nSPS) is 15.6. The van der Waals surface area contributed by atoms with Crippen LogP contribution in [0, 0.1) is 0 Å². The number of hydrogen-bond donors (Lipinski definition) is 2. The molecular weight excluding hydrogens is 490 g/mol. The number of rotatable bonds is 12. The Bertz CT molecular complexity index is 1190. The molecule has 0 aliphatic carbocycles. The molecule has 9 nitrogen and oxygen atoms in total. The highest BCUT2D eigenvalue weighted by Crippen LogP contribution is 2.21. The first-order valence-corrected chi connectivity index (χ1v) is 14.6. The molecule has 1 heterocycles. The third-order valence-electron chi connectivity index (χ3n) is 5.83. The maximum absolute atomic E-state index is 12.6. The van der Waals surface area contributed by atoms with E-state index in [1.54, 1.807) is 31.2 Å². The van der Waals surface area contributed by atoms with Crippen molar-refractivity contribution in [3.05, 3.63) is 54.1 Å². The minimum atomic E-state index is -3.59. The average Bonchev–Trinajstić information content (AvgIpc) is 3.39. The second kappa shape index (κ2) is 12.0. The summed E-state index contributed by atoms with van der Waals surface area (Å²) in [6.07, 6.45) is 3.01. The summed E-state index contributed by atoms with van der Waals surface area (Å²) in [6, 6.07) is 12.5. The highest BCUT2D eigenvalue weighted by atomic mass is 32.2. The summed E-state index contributed by atoms with van der Waals surface area (Å²) in [6.45, 7) is 4.99. The number of carbonyl (C=O) groups is 1. The molecule has 0 aromatic heterocycles. The second-order valence-electron chi connectivity index (χ2n) is 8.55. The maximum atomic E-state index is 12.6. The van der Waals surface area contributed by atoms with Crippen molar-refractivity contribution >= 4 is 26.0 Å². The van der Waals surface area contributed by atoms with Gasteiger partial charge in [-0.3, -0.25) is 4.79 Å². The summed E-state index contributed by atoms with van der Waals surface area (Å²) in [5, 5.41) is 2.76. The van der Waals surface area contributed by atoms with Gasteiger partial charge in [0.2, 0.25) is 20.0 Å². The van der Waals surface area contributed by atoms with Crippen LogP contribution in [0.2, 0.25) is 0 Å². The number of amides is 1. The zero-order chi connectivity index (χ0) is 25.5.